The molecule has 2 aliphatic heterocycles. The van der Waals surface area contributed by atoms with E-state index in [1.165, 1.54) is 11.1 Å². The number of ether oxygens (including phenoxy) is 1. The van der Waals surface area contributed by atoms with Gasteiger partial charge in [0.25, 0.3) is 0 Å². The molecule has 1 unspecified atom stereocenters. The van der Waals surface area contributed by atoms with E-state index in [9.17, 15) is 9.59 Å². The van der Waals surface area contributed by atoms with Crippen molar-refractivity contribution in [3.8, 4) is 5.75 Å². The van der Waals surface area contributed by atoms with Crippen LogP contribution in [0.3, 0.4) is 0 Å². The summed E-state index contributed by atoms with van der Waals surface area (Å²) in [5.74, 6) is 0.302. The van der Waals surface area contributed by atoms with Gasteiger partial charge in [-0.05, 0) is 55.5 Å². The minimum Gasteiger partial charge on any atom is -0.495 e. The van der Waals surface area contributed by atoms with Crippen LogP contribution in [0.15, 0.2) is 42.5 Å². The Bertz CT molecular complexity index is 982. The van der Waals surface area contributed by atoms with Gasteiger partial charge in [0.2, 0.25) is 11.8 Å². The Morgan fingerprint density at radius 1 is 1.12 bits per heavy atom. The minimum atomic E-state index is -0.322. The third kappa shape index (κ3) is 4.96. The molecule has 0 radical (unpaired) electrons. The maximum atomic E-state index is 12.9. The molecule has 170 valence electrons. The number of likely N-dealkylation sites (tertiary alicyclic amines) is 1. The molecule has 0 aliphatic carbocycles. The Morgan fingerprint density at radius 2 is 1.88 bits per heavy atom. The summed E-state index contributed by atoms with van der Waals surface area (Å²) in [5.41, 5.74) is 4.49. The first-order chi connectivity index (χ1) is 15.4. The summed E-state index contributed by atoms with van der Waals surface area (Å²) in [6, 6.07) is 14.5. The fourth-order valence-corrected chi connectivity index (χ4v) is 4.71. The molecule has 1 atom stereocenters. The molecule has 2 aromatic carbocycles. The van der Waals surface area contributed by atoms with Crippen LogP contribution in [-0.2, 0) is 16.1 Å². The number of carbonyl (C=O) groups is 2. The molecule has 1 N–H and O–H groups in total. The molecule has 2 aliphatic rings. The number of anilines is 1. The van der Waals surface area contributed by atoms with Crippen LogP contribution in [0.4, 0.5) is 5.69 Å². The summed E-state index contributed by atoms with van der Waals surface area (Å²) in [4.78, 5) is 29.8. The monoisotopic (exact) mass is 435 g/mol. The van der Waals surface area contributed by atoms with Crippen molar-refractivity contribution in [2.45, 2.75) is 45.7 Å². The topological polar surface area (TPSA) is 61.9 Å². The second-order valence-electron chi connectivity index (χ2n) is 9.07. The number of carbonyl (C=O) groups excluding carboxylic acids is 2. The predicted molar refractivity (Wildman–Crippen MR) is 126 cm³/mol. The largest absolute Gasteiger partial charge is 0.495 e. The van der Waals surface area contributed by atoms with Gasteiger partial charge in [0.1, 0.15) is 5.75 Å². The van der Waals surface area contributed by atoms with E-state index in [0.717, 1.165) is 43.7 Å². The average molecular weight is 436 g/mol. The van der Waals surface area contributed by atoms with Gasteiger partial charge in [0, 0.05) is 38.6 Å². The normalized spacial score (nSPS) is 19.9. The first kappa shape index (κ1) is 22.3. The highest BCUT2D eigenvalue weighted by molar-refractivity contribution is 6.01. The lowest BCUT2D eigenvalue weighted by Crippen LogP contribution is -2.46. The number of piperidine rings is 1. The number of hydrogen-bond donors (Lipinski definition) is 1. The van der Waals surface area contributed by atoms with E-state index >= 15 is 0 Å². The van der Waals surface area contributed by atoms with E-state index in [1.807, 2.05) is 25.1 Å². The van der Waals surface area contributed by atoms with Crippen molar-refractivity contribution in [1.29, 1.82) is 0 Å². The third-order valence-corrected chi connectivity index (χ3v) is 6.71. The molecule has 0 aromatic heterocycles. The van der Waals surface area contributed by atoms with Crippen molar-refractivity contribution in [1.82, 2.24) is 10.2 Å². The fourth-order valence-electron chi connectivity index (χ4n) is 4.71. The number of hydrogen-bond acceptors (Lipinski definition) is 4. The summed E-state index contributed by atoms with van der Waals surface area (Å²) in [5, 5.41) is 3.21. The van der Waals surface area contributed by atoms with Gasteiger partial charge in [0.05, 0.1) is 18.7 Å². The van der Waals surface area contributed by atoms with Gasteiger partial charge in [-0.15, -0.1) is 0 Å². The van der Waals surface area contributed by atoms with Crippen LogP contribution in [0.25, 0.3) is 0 Å². The zero-order valence-corrected chi connectivity index (χ0v) is 19.3. The highest BCUT2D eigenvalue weighted by Gasteiger charge is 2.37. The summed E-state index contributed by atoms with van der Waals surface area (Å²) < 4.78 is 5.44. The van der Waals surface area contributed by atoms with Crippen LogP contribution in [0, 0.1) is 19.8 Å². The summed E-state index contributed by atoms with van der Waals surface area (Å²) in [6.45, 7) is 7.43. The lowest BCUT2D eigenvalue weighted by atomic mass is 10.0. The van der Waals surface area contributed by atoms with E-state index in [0.29, 0.717) is 12.3 Å². The number of aryl methyl sites for hydroxylation is 2. The van der Waals surface area contributed by atoms with Crippen molar-refractivity contribution in [3.63, 3.8) is 0 Å². The second kappa shape index (κ2) is 9.74. The average Bonchev–Trinajstić information content (AvgIpc) is 3.18. The standard InChI is InChI=1S/C26H33N3O3/c1-18-8-9-24(32-3)23(14-18)29-17-21(15-25(29)30)26(31)27-22-10-12-28(13-11-22)16-20-7-5-4-6-19(20)2/h4-9,14,21-22H,10-13,15-17H2,1-3H3,(H,27,31). The van der Waals surface area contributed by atoms with E-state index in [1.54, 1.807) is 12.0 Å². The lowest BCUT2D eigenvalue weighted by Gasteiger charge is -2.33. The van der Waals surface area contributed by atoms with Crippen molar-refractivity contribution in [2.24, 2.45) is 5.92 Å². The molecule has 6 heteroatoms. The Labute approximate surface area is 190 Å². The van der Waals surface area contributed by atoms with Gasteiger partial charge in [-0.25, -0.2) is 0 Å². The van der Waals surface area contributed by atoms with Crippen LogP contribution < -0.4 is 15.0 Å². The lowest BCUT2D eigenvalue weighted by molar-refractivity contribution is -0.127. The van der Waals surface area contributed by atoms with Crippen LogP contribution in [0.5, 0.6) is 5.75 Å². The van der Waals surface area contributed by atoms with Gasteiger partial charge in [0.15, 0.2) is 0 Å². The Kier molecular flexibility index (Phi) is 6.80. The van der Waals surface area contributed by atoms with Gasteiger partial charge in [-0.2, -0.15) is 0 Å². The molecule has 2 fully saturated rings. The molecule has 0 saturated carbocycles. The first-order valence-electron chi connectivity index (χ1n) is 11.5. The molecule has 2 aromatic rings. The number of amides is 2. The maximum Gasteiger partial charge on any atom is 0.227 e. The highest BCUT2D eigenvalue weighted by atomic mass is 16.5. The molecule has 2 heterocycles. The van der Waals surface area contributed by atoms with Gasteiger partial charge in [-0.1, -0.05) is 30.3 Å². The molecule has 2 amide bonds. The maximum absolute atomic E-state index is 12.9. The number of nitrogens with one attached hydrogen (secondary N) is 1. The van der Waals surface area contributed by atoms with E-state index < -0.39 is 0 Å². The first-order valence-corrected chi connectivity index (χ1v) is 11.5. The van der Waals surface area contributed by atoms with Gasteiger partial charge >= 0.3 is 0 Å². The van der Waals surface area contributed by atoms with Crippen LogP contribution >= 0.6 is 0 Å². The third-order valence-electron chi connectivity index (χ3n) is 6.71. The number of nitrogens with zero attached hydrogens (tertiary/aromatic N) is 2. The Hall–Kier alpha value is -2.86. The molecule has 4 rings (SSSR count). The molecular formula is C26H33N3O3. The molecule has 32 heavy (non-hydrogen) atoms. The Morgan fingerprint density at radius 3 is 2.59 bits per heavy atom. The van der Waals surface area contributed by atoms with Crippen molar-refractivity contribution < 1.29 is 14.3 Å². The van der Waals surface area contributed by atoms with Crippen molar-refractivity contribution in [3.05, 3.63) is 59.2 Å². The number of methoxy groups -OCH3 is 1. The van der Waals surface area contributed by atoms with E-state index in [2.05, 4.69) is 41.4 Å². The van der Waals surface area contributed by atoms with Gasteiger partial charge in [-0.3, -0.25) is 14.5 Å². The van der Waals surface area contributed by atoms with Crippen molar-refractivity contribution >= 4 is 17.5 Å². The molecule has 0 bridgehead atoms. The summed E-state index contributed by atoms with van der Waals surface area (Å²) in [6.07, 6.45) is 2.12. The fraction of sp³-hybridized carbons (Fsp3) is 0.462. The van der Waals surface area contributed by atoms with Crippen LogP contribution in [0.1, 0.15) is 36.0 Å². The highest BCUT2D eigenvalue weighted by Crippen LogP contribution is 2.34. The summed E-state index contributed by atoms with van der Waals surface area (Å²) >= 11 is 0. The molecule has 0 spiro atoms. The van der Waals surface area contributed by atoms with Gasteiger partial charge < -0.3 is 15.0 Å². The second-order valence-corrected chi connectivity index (χ2v) is 9.07. The SMILES string of the molecule is COc1ccc(C)cc1N1CC(C(=O)NC2CCN(Cc3ccccc3C)CC2)CC1=O. The zero-order valence-electron chi connectivity index (χ0n) is 19.3. The number of rotatable bonds is 6. The zero-order chi connectivity index (χ0) is 22.7. The molecule has 6 nitrogen and oxygen atoms in total. The Balaban J connectivity index is 1.30. The molecule has 2 saturated heterocycles. The van der Waals surface area contributed by atoms with E-state index in [4.69, 9.17) is 4.74 Å². The minimum absolute atomic E-state index is 0.00942. The molecular weight excluding hydrogens is 402 g/mol. The van der Waals surface area contributed by atoms with E-state index in [-0.39, 0.29) is 30.2 Å². The van der Waals surface area contributed by atoms with Crippen LogP contribution in [0.2, 0.25) is 0 Å². The number of benzene rings is 2. The quantitative estimate of drug-likeness (QED) is 0.755. The predicted octanol–water partition coefficient (Wildman–Crippen LogP) is 3.45. The van der Waals surface area contributed by atoms with Crippen LogP contribution in [-0.4, -0.2) is 49.5 Å². The smallest absolute Gasteiger partial charge is 0.227 e. The van der Waals surface area contributed by atoms with Crippen molar-refractivity contribution in [2.75, 3.05) is 31.6 Å². The summed E-state index contributed by atoms with van der Waals surface area (Å²) in [7, 11) is 1.60.